The van der Waals surface area contributed by atoms with Crippen LogP contribution in [0.3, 0.4) is 0 Å². The lowest BCUT2D eigenvalue weighted by Gasteiger charge is -2.40. The van der Waals surface area contributed by atoms with E-state index in [4.69, 9.17) is 18.9 Å². The number of aliphatic hydroxyl groups excluding tert-OH is 3. The molecule has 13 heteroatoms. The van der Waals surface area contributed by atoms with Crippen LogP contribution in [0.5, 0.6) is 34.5 Å². The lowest BCUT2D eigenvalue weighted by Crippen LogP contribution is -2.59. The summed E-state index contributed by atoms with van der Waals surface area (Å²) >= 11 is 0. The van der Waals surface area contributed by atoms with E-state index in [2.05, 4.69) is 4.74 Å². The average molecular weight is 523 g/mol. The number of phenols is 4. The molecule has 2 aliphatic rings. The highest BCUT2D eigenvalue weighted by Crippen LogP contribution is 2.47. The van der Waals surface area contributed by atoms with Crippen molar-refractivity contribution in [3.8, 4) is 34.5 Å². The average Bonchev–Trinajstić information content (AvgIpc) is 2.85. The van der Waals surface area contributed by atoms with Crippen LogP contribution >= 0.6 is 0 Å². The second-order valence-corrected chi connectivity index (χ2v) is 8.50. The zero-order chi connectivity index (χ0) is 27.0. The first kappa shape index (κ1) is 26.2. The molecule has 1 fully saturated rings. The maximum absolute atomic E-state index is 11.2. The predicted molar refractivity (Wildman–Crippen MR) is 123 cm³/mol. The third-order valence-electron chi connectivity index (χ3n) is 5.93. The highest BCUT2D eigenvalue weighted by molar-refractivity contribution is 5.69. The SMILES string of the molecule is COc1cc(C2[OH+]c3cc(O)cc(O)c3C=C2O[C@@H]2O[C@H](COC(C)=O)[C@H](O)[C@H](O)[C@H]2O)cc(O)c1O. The summed E-state index contributed by atoms with van der Waals surface area (Å²) in [4.78, 5) is 11.2. The maximum atomic E-state index is 11.2. The lowest BCUT2D eigenvalue weighted by molar-refractivity contribution is -0.296. The van der Waals surface area contributed by atoms with E-state index in [0.29, 0.717) is 0 Å². The Morgan fingerprint density at radius 2 is 1.73 bits per heavy atom. The molecule has 0 aliphatic carbocycles. The van der Waals surface area contributed by atoms with E-state index in [0.717, 1.165) is 13.0 Å². The number of carbonyl (C=O) groups is 1. The fourth-order valence-electron chi connectivity index (χ4n) is 4.04. The van der Waals surface area contributed by atoms with Crippen LogP contribution in [-0.2, 0) is 19.0 Å². The smallest absolute Gasteiger partial charge is 0.302 e. The number of benzene rings is 2. The highest BCUT2D eigenvalue weighted by Gasteiger charge is 2.47. The van der Waals surface area contributed by atoms with Gasteiger partial charge in [-0.25, -0.2) is 0 Å². The first-order valence-electron chi connectivity index (χ1n) is 11.1. The van der Waals surface area contributed by atoms with Gasteiger partial charge in [-0.1, -0.05) is 0 Å². The second-order valence-electron chi connectivity index (χ2n) is 8.50. The number of esters is 1. The van der Waals surface area contributed by atoms with Crippen molar-refractivity contribution < 1.29 is 64.2 Å². The molecule has 8 N–H and O–H groups in total. The van der Waals surface area contributed by atoms with Gasteiger partial charge in [0.2, 0.25) is 12.0 Å². The zero-order valence-electron chi connectivity index (χ0n) is 19.7. The third-order valence-corrected chi connectivity index (χ3v) is 5.93. The van der Waals surface area contributed by atoms with Gasteiger partial charge in [0.15, 0.2) is 17.3 Å². The molecule has 4 rings (SSSR count). The van der Waals surface area contributed by atoms with Crippen LogP contribution in [-0.4, -0.2) is 90.9 Å². The number of ether oxygens (including phenoxy) is 5. The Morgan fingerprint density at radius 1 is 1.00 bits per heavy atom. The lowest BCUT2D eigenvalue weighted by atomic mass is 9.98. The summed E-state index contributed by atoms with van der Waals surface area (Å²) in [5.41, 5.74) is 0.399. The van der Waals surface area contributed by atoms with Crippen molar-refractivity contribution in [3.63, 3.8) is 0 Å². The number of hydrogen-bond donors (Lipinski definition) is 7. The van der Waals surface area contributed by atoms with E-state index >= 15 is 0 Å². The van der Waals surface area contributed by atoms with Gasteiger partial charge in [-0.2, -0.15) is 0 Å². The fraction of sp³-hybridized carbons (Fsp3) is 0.375. The van der Waals surface area contributed by atoms with E-state index in [1.54, 1.807) is 0 Å². The number of carbonyl (C=O) groups excluding carboxylic acids is 1. The van der Waals surface area contributed by atoms with Crippen LogP contribution in [0, 0.1) is 0 Å². The molecule has 2 heterocycles. The minimum Gasteiger partial charge on any atom is -0.571 e. The van der Waals surface area contributed by atoms with Gasteiger partial charge in [-0.3, -0.25) is 4.79 Å². The minimum atomic E-state index is -1.75. The Bertz CT molecular complexity index is 1210. The quantitative estimate of drug-likeness (QED) is 0.154. The van der Waals surface area contributed by atoms with Crippen molar-refractivity contribution in [1.82, 2.24) is 0 Å². The van der Waals surface area contributed by atoms with Crippen LogP contribution in [0.1, 0.15) is 24.2 Å². The van der Waals surface area contributed by atoms with Crippen molar-refractivity contribution in [3.05, 3.63) is 41.2 Å². The number of phenolic OH excluding ortho intramolecular Hbond substituents is 4. The molecule has 2 aromatic carbocycles. The molecule has 1 unspecified atom stereocenters. The predicted octanol–water partition coefficient (Wildman–Crippen LogP) is 0.242. The summed E-state index contributed by atoms with van der Waals surface area (Å²) < 4.78 is 25.9. The molecular weight excluding hydrogens is 496 g/mol. The molecule has 0 spiro atoms. The summed E-state index contributed by atoms with van der Waals surface area (Å²) in [6.07, 6.45) is -7.63. The van der Waals surface area contributed by atoms with E-state index in [1.165, 1.54) is 31.4 Å². The molecule has 0 radical (unpaired) electrons. The number of fused-ring (bicyclic) bond motifs is 1. The van der Waals surface area contributed by atoms with Crippen molar-refractivity contribution >= 4 is 12.0 Å². The van der Waals surface area contributed by atoms with Gasteiger partial charge < -0.3 is 59.4 Å². The van der Waals surface area contributed by atoms with Crippen molar-refractivity contribution in [2.24, 2.45) is 0 Å². The summed E-state index contributed by atoms with van der Waals surface area (Å²) in [5.74, 6) is -2.25. The van der Waals surface area contributed by atoms with Gasteiger partial charge >= 0.3 is 5.97 Å². The first-order valence-corrected chi connectivity index (χ1v) is 11.1. The van der Waals surface area contributed by atoms with E-state index in [-0.39, 0.29) is 39.9 Å². The number of hydrogen-bond acceptors (Lipinski definition) is 12. The summed E-state index contributed by atoms with van der Waals surface area (Å²) in [7, 11) is 1.27. The number of aromatic hydroxyl groups is 5. The van der Waals surface area contributed by atoms with Crippen LogP contribution in [0.15, 0.2) is 30.0 Å². The molecule has 0 saturated carbocycles. The monoisotopic (exact) mass is 523 g/mol. The minimum absolute atomic E-state index is 0.0421. The van der Waals surface area contributed by atoms with E-state index < -0.39 is 60.9 Å². The largest absolute Gasteiger partial charge is 0.571 e. The zero-order valence-corrected chi connectivity index (χ0v) is 19.7. The van der Waals surface area contributed by atoms with Gasteiger partial charge in [0.1, 0.15) is 48.1 Å². The molecule has 200 valence electrons. The summed E-state index contributed by atoms with van der Waals surface area (Å²) in [6, 6.07) is 4.93. The van der Waals surface area contributed by atoms with Crippen LogP contribution < -0.4 is 4.74 Å². The first-order chi connectivity index (χ1) is 17.5. The maximum Gasteiger partial charge on any atom is 0.302 e. The van der Waals surface area contributed by atoms with E-state index in [9.17, 15) is 40.5 Å². The van der Waals surface area contributed by atoms with Gasteiger partial charge in [0, 0.05) is 19.1 Å². The standard InChI is InChI=1S/C24H26O13/c1-9(25)34-8-18-20(30)21(31)22(32)24(37-18)36-17-7-12-13(27)5-11(26)6-15(12)35-23(17)10-3-14(28)19(29)16(4-10)33-2/h3-7,18,20-24,26-32H,8H2,1-2H3/p+1/t18-,20+,21+,22-,23?,24-/m1/s1. The Balaban J connectivity index is 1.73. The van der Waals surface area contributed by atoms with Crippen LogP contribution in [0.25, 0.3) is 6.08 Å². The van der Waals surface area contributed by atoms with Crippen LogP contribution in [0.2, 0.25) is 0 Å². The molecule has 2 aromatic rings. The van der Waals surface area contributed by atoms with Gasteiger partial charge in [0.25, 0.3) is 11.9 Å². The Hall–Kier alpha value is -3.91. The summed E-state index contributed by atoms with van der Waals surface area (Å²) in [5, 5.41) is 71.6. The van der Waals surface area contributed by atoms with Gasteiger partial charge in [-0.05, 0) is 12.1 Å². The van der Waals surface area contributed by atoms with Crippen molar-refractivity contribution in [2.45, 2.75) is 43.7 Å². The Morgan fingerprint density at radius 3 is 2.41 bits per heavy atom. The summed E-state index contributed by atoms with van der Waals surface area (Å²) in [6.45, 7) is 0.718. The Labute approximate surface area is 209 Å². The third kappa shape index (κ3) is 5.15. The number of rotatable bonds is 6. The van der Waals surface area contributed by atoms with Crippen molar-refractivity contribution in [1.29, 1.82) is 0 Å². The molecule has 13 nitrogen and oxygen atoms in total. The molecule has 0 amide bonds. The second kappa shape index (κ2) is 10.2. The molecule has 37 heavy (non-hydrogen) atoms. The molecule has 0 aromatic heterocycles. The normalized spacial score (nSPS) is 26.9. The number of methoxy groups -OCH3 is 1. The van der Waals surface area contributed by atoms with Crippen LogP contribution in [0.4, 0.5) is 0 Å². The van der Waals surface area contributed by atoms with Gasteiger partial charge in [-0.15, -0.1) is 0 Å². The fourth-order valence-corrected chi connectivity index (χ4v) is 4.04. The molecule has 6 atom stereocenters. The van der Waals surface area contributed by atoms with Crippen molar-refractivity contribution in [2.75, 3.05) is 13.7 Å². The van der Waals surface area contributed by atoms with Gasteiger partial charge in [0.05, 0.1) is 18.7 Å². The topological polar surface area (TPSA) is 208 Å². The Kier molecular flexibility index (Phi) is 7.23. The molecule has 0 bridgehead atoms. The molecule has 1 saturated heterocycles. The number of aliphatic hydroxyl groups is 4. The molecule has 2 aliphatic heterocycles. The van der Waals surface area contributed by atoms with E-state index in [1.807, 2.05) is 0 Å². The molecular formula is C24H27O13+. The highest BCUT2D eigenvalue weighted by atomic mass is 16.7.